The molecule has 0 unspecified atom stereocenters. The lowest BCUT2D eigenvalue weighted by molar-refractivity contribution is 0.0842. The first kappa shape index (κ1) is 17.8. The lowest BCUT2D eigenvalue weighted by Gasteiger charge is -2.36. The monoisotopic (exact) mass is 352 g/mol. The molecule has 0 saturated carbocycles. The smallest absolute Gasteiger partial charge is 0.410 e. The quantitative estimate of drug-likeness (QED) is 0.844. The van der Waals surface area contributed by atoms with Gasteiger partial charge in [0.1, 0.15) is 12.4 Å². The fraction of sp³-hybridized carbons (Fsp3) is 0.300. The van der Waals surface area contributed by atoms with E-state index in [1.807, 2.05) is 36.4 Å². The third kappa shape index (κ3) is 3.96. The molecule has 3 rings (SSSR count). The summed E-state index contributed by atoms with van der Waals surface area (Å²) in [5, 5.41) is 8.72. The normalized spacial score (nSPS) is 18.2. The Kier molecular flexibility index (Phi) is 5.41. The molecular formula is C20H24N4O2. The van der Waals surface area contributed by atoms with Crippen molar-refractivity contribution >= 4 is 12.8 Å². The topological polar surface area (TPSA) is 57.2 Å². The van der Waals surface area contributed by atoms with Crippen LogP contribution in [0.15, 0.2) is 71.9 Å². The van der Waals surface area contributed by atoms with E-state index in [1.54, 1.807) is 9.91 Å². The van der Waals surface area contributed by atoms with Gasteiger partial charge < -0.3 is 15.0 Å². The molecule has 1 aromatic carbocycles. The minimum atomic E-state index is -0.256. The number of hydrogen-bond acceptors (Lipinski definition) is 5. The average Bonchev–Trinajstić information content (AvgIpc) is 2.67. The maximum Gasteiger partial charge on any atom is 0.410 e. The first-order valence-corrected chi connectivity index (χ1v) is 8.67. The second kappa shape index (κ2) is 7.91. The van der Waals surface area contributed by atoms with Crippen molar-refractivity contribution in [1.82, 2.24) is 15.2 Å². The Bertz CT molecular complexity index is 733. The Morgan fingerprint density at radius 3 is 2.54 bits per heavy atom. The predicted octanol–water partition coefficient (Wildman–Crippen LogP) is 3.42. The van der Waals surface area contributed by atoms with Gasteiger partial charge in [0.05, 0.1) is 5.70 Å². The second-order valence-electron chi connectivity index (χ2n) is 6.42. The van der Waals surface area contributed by atoms with E-state index >= 15 is 0 Å². The molecule has 0 aliphatic carbocycles. The second-order valence-corrected chi connectivity index (χ2v) is 6.42. The maximum atomic E-state index is 12.3. The van der Waals surface area contributed by atoms with Crippen LogP contribution in [0, 0.1) is 5.92 Å². The Morgan fingerprint density at radius 1 is 1.23 bits per heavy atom. The number of ether oxygens (including phenoxy) is 1. The first-order chi connectivity index (χ1) is 12.6. The van der Waals surface area contributed by atoms with Crippen molar-refractivity contribution in [2.75, 3.05) is 13.1 Å². The van der Waals surface area contributed by atoms with E-state index in [4.69, 9.17) is 4.74 Å². The largest absolute Gasteiger partial charge is 0.445 e. The molecule has 0 spiro atoms. The molecule has 0 radical (unpaired) electrons. The number of likely N-dealkylation sites (tertiary alicyclic amines) is 1. The molecule has 0 bridgehead atoms. The summed E-state index contributed by atoms with van der Waals surface area (Å²) in [7, 11) is 0. The molecule has 0 aromatic heterocycles. The van der Waals surface area contributed by atoms with Gasteiger partial charge in [-0.25, -0.2) is 9.80 Å². The van der Waals surface area contributed by atoms with E-state index < -0.39 is 0 Å². The van der Waals surface area contributed by atoms with Gasteiger partial charge in [0, 0.05) is 31.4 Å². The van der Waals surface area contributed by atoms with Crippen molar-refractivity contribution in [1.29, 1.82) is 0 Å². The fourth-order valence-corrected chi connectivity index (χ4v) is 3.25. The highest BCUT2D eigenvalue weighted by atomic mass is 16.6. The van der Waals surface area contributed by atoms with Crippen LogP contribution in [0.25, 0.3) is 0 Å². The number of hydrogen-bond donors (Lipinski definition) is 1. The lowest BCUT2D eigenvalue weighted by atomic mass is 9.92. The van der Waals surface area contributed by atoms with Gasteiger partial charge in [-0.2, -0.15) is 5.10 Å². The van der Waals surface area contributed by atoms with Crippen molar-refractivity contribution in [3.8, 4) is 0 Å². The number of allylic oxidation sites excluding steroid dienone is 2. The van der Waals surface area contributed by atoms with Crippen LogP contribution in [0.5, 0.6) is 0 Å². The van der Waals surface area contributed by atoms with Gasteiger partial charge in [-0.3, -0.25) is 0 Å². The number of carbonyl (C=O) groups is 1. The van der Waals surface area contributed by atoms with Crippen LogP contribution in [0.2, 0.25) is 0 Å². The van der Waals surface area contributed by atoms with Crippen LogP contribution in [-0.4, -0.2) is 35.8 Å². The Balaban J connectivity index is 1.51. The van der Waals surface area contributed by atoms with E-state index in [0.29, 0.717) is 31.4 Å². The molecule has 1 saturated heterocycles. The van der Waals surface area contributed by atoms with Crippen LogP contribution < -0.4 is 5.32 Å². The number of piperidine rings is 1. The van der Waals surface area contributed by atoms with E-state index in [9.17, 15) is 4.79 Å². The standard InChI is InChI=1S/C20H24N4O2/c1-15-13-19(22-16(2)24(15)21-3)18-9-11-23(12-10-18)20(25)26-14-17-7-5-4-6-8-17/h4-8,13,18,22H,1-3,9-12,14H2. The van der Waals surface area contributed by atoms with E-state index in [0.717, 1.165) is 29.8 Å². The maximum absolute atomic E-state index is 12.3. The Morgan fingerprint density at radius 2 is 1.92 bits per heavy atom. The number of rotatable bonds is 4. The summed E-state index contributed by atoms with van der Waals surface area (Å²) >= 11 is 0. The van der Waals surface area contributed by atoms with E-state index in [2.05, 4.69) is 30.3 Å². The number of carbonyl (C=O) groups excluding carboxylic acids is 1. The molecule has 26 heavy (non-hydrogen) atoms. The minimum Gasteiger partial charge on any atom is -0.445 e. The van der Waals surface area contributed by atoms with E-state index in [-0.39, 0.29) is 6.09 Å². The van der Waals surface area contributed by atoms with Gasteiger partial charge in [-0.1, -0.05) is 43.5 Å². The Labute approximate surface area is 154 Å². The van der Waals surface area contributed by atoms with Gasteiger partial charge in [-0.15, -0.1) is 0 Å². The summed E-state index contributed by atoms with van der Waals surface area (Å²) in [5.74, 6) is 0.973. The van der Waals surface area contributed by atoms with Crippen LogP contribution >= 0.6 is 0 Å². The molecular weight excluding hydrogens is 328 g/mol. The van der Waals surface area contributed by atoms with Crippen molar-refractivity contribution in [3.05, 3.63) is 72.3 Å². The lowest BCUT2D eigenvalue weighted by Crippen LogP contribution is -2.41. The van der Waals surface area contributed by atoms with Gasteiger partial charge >= 0.3 is 6.09 Å². The van der Waals surface area contributed by atoms with Crippen LogP contribution in [-0.2, 0) is 11.3 Å². The van der Waals surface area contributed by atoms with Crippen molar-refractivity contribution < 1.29 is 9.53 Å². The highest BCUT2D eigenvalue weighted by molar-refractivity contribution is 5.67. The summed E-state index contributed by atoms with van der Waals surface area (Å²) in [6, 6.07) is 9.70. The molecule has 1 fully saturated rings. The highest BCUT2D eigenvalue weighted by Gasteiger charge is 2.28. The van der Waals surface area contributed by atoms with Crippen molar-refractivity contribution in [2.45, 2.75) is 19.4 Å². The summed E-state index contributed by atoms with van der Waals surface area (Å²) in [4.78, 5) is 14.0. The van der Waals surface area contributed by atoms with Gasteiger partial charge in [0.25, 0.3) is 0 Å². The Hall–Kier alpha value is -3.02. The van der Waals surface area contributed by atoms with Crippen LogP contribution in [0.4, 0.5) is 4.79 Å². The van der Waals surface area contributed by atoms with Gasteiger partial charge in [-0.05, 0) is 24.5 Å². The zero-order chi connectivity index (χ0) is 18.5. The molecule has 2 aliphatic heterocycles. The van der Waals surface area contributed by atoms with Crippen molar-refractivity contribution in [3.63, 3.8) is 0 Å². The average molecular weight is 352 g/mol. The zero-order valence-corrected chi connectivity index (χ0v) is 14.9. The molecule has 1 amide bonds. The molecule has 6 heteroatoms. The predicted molar refractivity (Wildman–Crippen MR) is 102 cm³/mol. The zero-order valence-electron chi connectivity index (χ0n) is 14.9. The number of benzene rings is 1. The number of nitrogens with zero attached hydrogens (tertiary/aromatic N) is 3. The molecule has 2 heterocycles. The molecule has 2 aliphatic rings. The van der Waals surface area contributed by atoms with Crippen LogP contribution in [0.3, 0.4) is 0 Å². The SMILES string of the molecule is C=NN1C(=C)C=C(C2CCN(C(=O)OCc3ccccc3)CC2)NC1=C. The van der Waals surface area contributed by atoms with Crippen LogP contribution in [0.1, 0.15) is 18.4 Å². The molecule has 1 aromatic rings. The van der Waals surface area contributed by atoms with Crippen molar-refractivity contribution in [2.24, 2.45) is 11.0 Å². The summed E-state index contributed by atoms with van der Waals surface area (Å²) in [6.45, 7) is 13.1. The fourth-order valence-electron chi connectivity index (χ4n) is 3.25. The number of amides is 1. The number of nitrogens with one attached hydrogen (secondary N) is 1. The first-order valence-electron chi connectivity index (χ1n) is 8.67. The molecule has 0 atom stereocenters. The summed E-state index contributed by atoms with van der Waals surface area (Å²) < 4.78 is 5.41. The summed E-state index contributed by atoms with van der Waals surface area (Å²) in [6.07, 6.45) is 3.44. The molecule has 136 valence electrons. The molecule has 6 nitrogen and oxygen atoms in total. The summed E-state index contributed by atoms with van der Waals surface area (Å²) in [5.41, 5.74) is 2.80. The number of hydrazone groups is 1. The highest BCUT2D eigenvalue weighted by Crippen LogP contribution is 2.29. The van der Waals surface area contributed by atoms with Gasteiger partial charge in [0.2, 0.25) is 0 Å². The third-order valence-electron chi connectivity index (χ3n) is 4.68. The minimum absolute atomic E-state index is 0.256. The molecule has 1 N–H and O–H groups in total. The third-order valence-corrected chi connectivity index (χ3v) is 4.68. The van der Waals surface area contributed by atoms with Gasteiger partial charge in [0.15, 0.2) is 0 Å². The van der Waals surface area contributed by atoms with E-state index in [1.165, 1.54) is 0 Å².